The van der Waals surface area contributed by atoms with E-state index >= 15 is 0 Å². The van der Waals surface area contributed by atoms with Crippen LogP contribution in [-0.2, 0) is 14.3 Å². The van der Waals surface area contributed by atoms with Crippen LogP contribution < -0.4 is 6.15 Å². The first kappa shape index (κ1) is 20.7. The molecule has 0 fully saturated rings. The molecule has 17 heavy (non-hydrogen) atoms. The minimum Gasteiger partial charge on any atom is -0.466 e. The Labute approximate surface area is 104 Å². The van der Waals surface area contributed by atoms with Gasteiger partial charge in [-0.2, -0.15) is 0 Å². The molecule has 0 atom stereocenters. The number of hydrogen-bond donors (Lipinski definition) is 1. The van der Waals surface area contributed by atoms with Crippen molar-refractivity contribution in [2.24, 2.45) is 0 Å². The van der Waals surface area contributed by atoms with Crippen molar-refractivity contribution < 1.29 is 14.3 Å². The van der Waals surface area contributed by atoms with Crippen LogP contribution >= 0.6 is 0 Å². The molecule has 0 saturated carbocycles. The zero-order valence-corrected chi connectivity index (χ0v) is 11.1. The summed E-state index contributed by atoms with van der Waals surface area (Å²) >= 11 is 0. The average Bonchev–Trinajstić information content (AvgIpc) is 2.20. The number of ether oxygens (including phenoxy) is 1. The summed E-state index contributed by atoms with van der Waals surface area (Å²) in [5.41, 5.74) is 0. The van der Waals surface area contributed by atoms with Crippen LogP contribution in [0, 0.1) is 0 Å². The lowest BCUT2D eigenvalue weighted by atomic mass is 10.4. The van der Waals surface area contributed by atoms with E-state index < -0.39 is 0 Å². The molecule has 0 unspecified atom stereocenters. The predicted molar refractivity (Wildman–Crippen MR) is 70.1 cm³/mol. The quantitative estimate of drug-likeness (QED) is 0.766. The summed E-state index contributed by atoms with van der Waals surface area (Å²) in [6, 6.07) is 12.0. The molecule has 0 aliphatic carbocycles. The summed E-state index contributed by atoms with van der Waals surface area (Å²) < 4.78 is 4.40. The van der Waals surface area contributed by atoms with Gasteiger partial charge in [0.05, 0.1) is 6.61 Å². The van der Waals surface area contributed by atoms with Gasteiger partial charge in [-0.3, -0.25) is 4.79 Å². The number of hydrogen-bond acceptors (Lipinski definition) is 4. The molecule has 0 aromatic heterocycles. The smallest absolute Gasteiger partial charge is 0.302 e. The lowest BCUT2D eigenvalue weighted by molar-refractivity contribution is -0.140. The Morgan fingerprint density at radius 3 is 1.18 bits per heavy atom. The van der Waals surface area contributed by atoms with Gasteiger partial charge in [0.1, 0.15) is 5.78 Å². The van der Waals surface area contributed by atoms with Crippen molar-refractivity contribution in [1.82, 2.24) is 6.15 Å². The van der Waals surface area contributed by atoms with Crippen molar-refractivity contribution in [1.29, 1.82) is 0 Å². The molecule has 0 spiro atoms. The number of carbonyl (C=O) groups excluding carboxylic acids is 2. The highest BCUT2D eigenvalue weighted by Gasteiger charge is 1.81. The van der Waals surface area contributed by atoms with E-state index in [9.17, 15) is 9.59 Å². The van der Waals surface area contributed by atoms with Crippen molar-refractivity contribution >= 4 is 11.8 Å². The summed E-state index contributed by atoms with van der Waals surface area (Å²) in [6.45, 7) is 6.71. The van der Waals surface area contributed by atoms with Crippen molar-refractivity contribution in [2.75, 3.05) is 6.61 Å². The Bertz CT molecular complexity index is 243. The third-order valence-corrected chi connectivity index (χ3v) is 1.01. The largest absolute Gasteiger partial charge is 0.466 e. The Hall–Kier alpha value is -1.68. The monoisotopic (exact) mass is 241 g/mol. The Morgan fingerprint density at radius 2 is 1.12 bits per heavy atom. The van der Waals surface area contributed by atoms with Crippen LogP contribution in [0.4, 0.5) is 0 Å². The van der Waals surface area contributed by atoms with Gasteiger partial charge in [-0.05, 0) is 20.8 Å². The van der Waals surface area contributed by atoms with Crippen LogP contribution in [0.2, 0.25) is 0 Å². The summed E-state index contributed by atoms with van der Waals surface area (Å²) in [7, 11) is 0. The van der Waals surface area contributed by atoms with Crippen LogP contribution in [0.25, 0.3) is 0 Å². The second-order valence-electron chi connectivity index (χ2n) is 2.99. The third kappa shape index (κ3) is 40.6. The van der Waals surface area contributed by atoms with Gasteiger partial charge >= 0.3 is 5.97 Å². The van der Waals surface area contributed by atoms with E-state index in [2.05, 4.69) is 4.74 Å². The number of rotatable bonds is 1. The van der Waals surface area contributed by atoms with Crippen LogP contribution in [0.5, 0.6) is 0 Å². The van der Waals surface area contributed by atoms with E-state index in [4.69, 9.17) is 0 Å². The molecule has 1 aromatic carbocycles. The standard InChI is InChI=1S/C6H6.C4H8O2.C3H6O.H3N/c1-2-4-6-5-3-1;1-3-6-4(2)5;1-3(2)4;/h1-6H;3H2,1-2H3;1-2H3;1H3. The van der Waals surface area contributed by atoms with Gasteiger partial charge in [0.15, 0.2) is 0 Å². The summed E-state index contributed by atoms with van der Waals surface area (Å²) in [5.74, 6) is -0.0440. The van der Waals surface area contributed by atoms with Crippen molar-refractivity contribution in [2.45, 2.75) is 27.7 Å². The van der Waals surface area contributed by atoms with Crippen molar-refractivity contribution in [3.8, 4) is 0 Å². The lowest BCUT2D eigenvalue weighted by Gasteiger charge is -1.89. The molecule has 98 valence electrons. The molecular formula is C13H23NO3. The molecule has 0 aliphatic heterocycles. The van der Waals surface area contributed by atoms with E-state index in [0.717, 1.165) is 0 Å². The molecule has 0 amide bonds. The van der Waals surface area contributed by atoms with E-state index in [-0.39, 0.29) is 17.9 Å². The highest BCUT2D eigenvalue weighted by Crippen LogP contribution is 1.79. The summed E-state index contributed by atoms with van der Waals surface area (Å²) in [5, 5.41) is 0. The first-order valence-electron chi connectivity index (χ1n) is 5.11. The van der Waals surface area contributed by atoms with E-state index in [1.807, 2.05) is 36.4 Å². The number of esters is 1. The number of carbonyl (C=O) groups is 2. The maximum atomic E-state index is 9.82. The summed E-state index contributed by atoms with van der Waals surface area (Å²) in [4.78, 5) is 19.3. The van der Waals surface area contributed by atoms with Crippen LogP contribution in [0.3, 0.4) is 0 Å². The average molecular weight is 241 g/mol. The highest BCUT2D eigenvalue weighted by atomic mass is 16.5. The fourth-order valence-electron chi connectivity index (χ4n) is 0.588. The second kappa shape index (κ2) is 16.7. The zero-order chi connectivity index (χ0) is 12.8. The molecule has 4 heteroatoms. The Balaban J connectivity index is -0.000000172. The van der Waals surface area contributed by atoms with Gasteiger partial charge in [-0.1, -0.05) is 36.4 Å². The maximum Gasteiger partial charge on any atom is 0.302 e. The highest BCUT2D eigenvalue weighted by molar-refractivity contribution is 5.72. The lowest BCUT2D eigenvalue weighted by Crippen LogP contribution is -1.95. The second-order valence-corrected chi connectivity index (χ2v) is 2.99. The SMILES string of the molecule is CC(C)=O.CCOC(C)=O.N.c1ccccc1. The normalized spacial score (nSPS) is 7.06. The number of Topliss-reactive ketones (excluding diaryl/α,β-unsaturated/α-hetero) is 1. The topological polar surface area (TPSA) is 78.4 Å². The van der Waals surface area contributed by atoms with Gasteiger partial charge in [-0.15, -0.1) is 0 Å². The molecule has 0 heterocycles. The fraction of sp³-hybridized carbons (Fsp3) is 0.385. The summed E-state index contributed by atoms with van der Waals surface area (Å²) in [6.07, 6.45) is 0. The van der Waals surface area contributed by atoms with Crippen molar-refractivity contribution in [3.05, 3.63) is 36.4 Å². The number of ketones is 1. The molecular weight excluding hydrogens is 218 g/mol. The third-order valence-electron chi connectivity index (χ3n) is 1.01. The molecule has 0 bridgehead atoms. The minimum absolute atomic E-state index is 0. The van der Waals surface area contributed by atoms with Crippen LogP contribution in [0.15, 0.2) is 36.4 Å². The molecule has 3 N–H and O–H groups in total. The minimum atomic E-state index is -0.211. The van der Waals surface area contributed by atoms with Crippen LogP contribution in [-0.4, -0.2) is 18.4 Å². The first-order chi connectivity index (χ1) is 7.50. The fourth-order valence-corrected chi connectivity index (χ4v) is 0.588. The van der Waals surface area contributed by atoms with Gasteiger partial charge in [0, 0.05) is 6.92 Å². The molecule has 0 aliphatic rings. The molecule has 0 saturated heterocycles. The zero-order valence-electron chi connectivity index (χ0n) is 11.1. The Kier molecular flexibility index (Phi) is 20.4. The van der Waals surface area contributed by atoms with E-state index in [1.165, 1.54) is 20.8 Å². The van der Waals surface area contributed by atoms with Gasteiger partial charge < -0.3 is 15.7 Å². The molecule has 0 radical (unpaired) electrons. The predicted octanol–water partition coefficient (Wildman–Crippen LogP) is 3.01. The van der Waals surface area contributed by atoms with Gasteiger partial charge in [0.25, 0.3) is 0 Å². The Morgan fingerprint density at radius 1 is 0.882 bits per heavy atom. The van der Waals surface area contributed by atoms with E-state index in [1.54, 1.807) is 6.92 Å². The van der Waals surface area contributed by atoms with Gasteiger partial charge in [-0.25, -0.2) is 0 Å². The van der Waals surface area contributed by atoms with Crippen molar-refractivity contribution in [3.63, 3.8) is 0 Å². The molecule has 4 nitrogen and oxygen atoms in total. The molecule has 1 rings (SSSR count). The van der Waals surface area contributed by atoms with E-state index in [0.29, 0.717) is 6.61 Å². The molecule has 1 aromatic rings. The van der Waals surface area contributed by atoms with Gasteiger partial charge in [0.2, 0.25) is 0 Å². The first-order valence-corrected chi connectivity index (χ1v) is 5.11. The number of benzene rings is 1. The van der Waals surface area contributed by atoms with Crippen LogP contribution in [0.1, 0.15) is 27.7 Å². The maximum absolute atomic E-state index is 9.82.